The summed E-state index contributed by atoms with van der Waals surface area (Å²) >= 11 is 0. The highest BCUT2D eigenvalue weighted by molar-refractivity contribution is 5.95. The first-order valence-corrected chi connectivity index (χ1v) is 4.56. The number of rotatable bonds is 4. The molecule has 7 nitrogen and oxygen atoms in total. The van der Waals surface area contributed by atoms with Crippen LogP contribution in [0.3, 0.4) is 0 Å². The molecule has 0 aliphatic carbocycles. The molecular formula is C8H12N4O3. The van der Waals surface area contributed by atoms with Crippen LogP contribution in [-0.2, 0) is 13.0 Å². The van der Waals surface area contributed by atoms with E-state index in [4.69, 9.17) is 5.73 Å². The van der Waals surface area contributed by atoms with Gasteiger partial charge in [0.15, 0.2) is 0 Å². The lowest BCUT2D eigenvalue weighted by molar-refractivity contribution is -0.385. The second kappa shape index (κ2) is 4.07. The number of aryl methyl sites for hydroxylation is 1. The summed E-state index contributed by atoms with van der Waals surface area (Å²) in [7, 11) is 0. The van der Waals surface area contributed by atoms with Gasteiger partial charge in [0.1, 0.15) is 5.69 Å². The molecule has 2 N–H and O–H groups in total. The molecule has 0 aliphatic rings. The van der Waals surface area contributed by atoms with E-state index in [-0.39, 0.29) is 11.4 Å². The molecule has 7 heteroatoms. The van der Waals surface area contributed by atoms with Gasteiger partial charge in [0, 0.05) is 6.54 Å². The Morgan fingerprint density at radius 1 is 1.60 bits per heavy atom. The fourth-order valence-corrected chi connectivity index (χ4v) is 1.46. The molecule has 15 heavy (non-hydrogen) atoms. The van der Waals surface area contributed by atoms with Crippen molar-refractivity contribution in [2.45, 2.75) is 26.8 Å². The van der Waals surface area contributed by atoms with Crippen LogP contribution in [0, 0.1) is 10.1 Å². The van der Waals surface area contributed by atoms with Gasteiger partial charge in [-0.15, -0.1) is 0 Å². The number of nitrogens with two attached hydrogens (primary N) is 1. The molecule has 1 aromatic heterocycles. The van der Waals surface area contributed by atoms with Crippen LogP contribution in [0.4, 0.5) is 5.69 Å². The maximum atomic E-state index is 11.0. The molecule has 0 atom stereocenters. The highest BCUT2D eigenvalue weighted by Gasteiger charge is 2.29. The average Bonchev–Trinajstić information content (AvgIpc) is 2.55. The number of hydrogen-bond acceptors (Lipinski definition) is 4. The Balaban J connectivity index is 3.46. The molecule has 0 aliphatic heterocycles. The van der Waals surface area contributed by atoms with Gasteiger partial charge < -0.3 is 5.73 Å². The van der Waals surface area contributed by atoms with Crippen molar-refractivity contribution in [1.82, 2.24) is 9.78 Å². The summed E-state index contributed by atoms with van der Waals surface area (Å²) in [5, 5.41) is 14.6. The third kappa shape index (κ3) is 1.80. The summed E-state index contributed by atoms with van der Waals surface area (Å²) in [6, 6.07) is 0. The minimum Gasteiger partial charge on any atom is -0.364 e. The van der Waals surface area contributed by atoms with Crippen molar-refractivity contribution >= 4 is 11.6 Å². The number of nitro groups is 1. The molecule has 0 radical (unpaired) electrons. The van der Waals surface area contributed by atoms with Crippen molar-refractivity contribution in [2.24, 2.45) is 5.73 Å². The topological polar surface area (TPSA) is 104 Å². The molecule has 0 fully saturated rings. The number of primary amides is 1. The van der Waals surface area contributed by atoms with E-state index in [0.29, 0.717) is 18.7 Å². The Labute approximate surface area is 86.0 Å². The summed E-state index contributed by atoms with van der Waals surface area (Å²) in [5.74, 6) is -0.872. The highest BCUT2D eigenvalue weighted by Crippen LogP contribution is 2.23. The van der Waals surface area contributed by atoms with Crippen molar-refractivity contribution in [3.05, 3.63) is 21.5 Å². The van der Waals surface area contributed by atoms with Crippen molar-refractivity contribution in [2.75, 3.05) is 0 Å². The lowest BCUT2D eigenvalue weighted by atomic mass is 10.2. The second-order valence-electron chi connectivity index (χ2n) is 2.93. The standard InChI is InChI=1S/C8H12N4O3/c1-3-5-7(12(14)15)6(8(9)13)10-11(5)4-2/h3-4H2,1-2H3,(H2,9,13). The van der Waals surface area contributed by atoms with Crippen LogP contribution < -0.4 is 5.73 Å². The van der Waals surface area contributed by atoms with Crippen molar-refractivity contribution in [1.29, 1.82) is 0 Å². The van der Waals surface area contributed by atoms with Gasteiger partial charge in [-0.05, 0) is 13.3 Å². The largest absolute Gasteiger partial charge is 0.364 e. The van der Waals surface area contributed by atoms with E-state index in [2.05, 4.69) is 5.10 Å². The third-order valence-electron chi connectivity index (χ3n) is 2.08. The number of carbonyl (C=O) groups is 1. The van der Waals surface area contributed by atoms with Gasteiger partial charge in [-0.25, -0.2) is 0 Å². The van der Waals surface area contributed by atoms with E-state index in [1.807, 2.05) is 0 Å². The smallest absolute Gasteiger partial charge is 0.323 e. The van der Waals surface area contributed by atoms with Gasteiger partial charge in [-0.1, -0.05) is 6.92 Å². The SMILES string of the molecule is CCc1c([N+](=O)[O-])c(C(N)=O)nn1CC. The van der Waals surface area contributed by atoms with E-state index in [9.17, 15) is 14.9 Å². The lowest BCUT2D eigenvalue weighted by Gasteiger charge is -1.98. The summed E-state index contributed by atoms with van der Waals surface area (Å²) < 4.78 is 1.43. The summed E-state index contributed by atoms with van der Waals surface area (Å²) in [4.78, 5) is 21.1. The first kappa shape index (κ1) is 11.2. The Bertz CT molecular complexity index is 410. The molecule has 0 unspecified atom stereocenters. The van der Waals surface area contributed by atoms with Gasteiger partial charge in [0.05, 0.1) is 4.92 Å². The van der Waals surface area contributed by atoms with E-state index in [0.717, 1.165) is 0 Å². The quantitative estimate of drug-likeness (QED) is 0.578. The molecule has 0 saturated carbocycles. The predicted molar refractivity (Wildman–Crippen MR) is 52.5 cm³/mol. The maximum absolute atomic E-state index is 11.0. The molecular weight excluding hydrogens is 200 g/mol. The monoisotopic (exact) mass is 212 g/mol. The molecule has 0 bridgehead atoms. The fourth-order valence-electron chi connectivity index (χ4n) is 1.46. The number of aromatic nitrogens is 2. The fraction of sp³-hybridized carbons (Fsp3) is 0.500. The number of amides is 1. The van der Waals surface area contributed by atoms with Crippen LogP contribution >= 0.6 is 0 Å². The van der Waals surface area contributed by atoms with E-state index < -0.39 is 10.8 Å². The molecule has 0 aromatic carbocycles. The molecule has 1 amide bonds. The average molecular weight is 212 g/mol. The highest BCUT2D eigenvalue weighted by atomic mass is 16.6. The molecule has 0 saturated heterocycles. The zero-order chi connectivity index (χ0) is 11.6. The van der Waals surface area contributed by atoms with Crippen molar-refractivity contribution in [3.63, 3.8) is 0 Å². The van der Waals surface area contributed by atoms with E-state index in [1.165, 1.54) is 4.68 Å². The first-order chi connectivity index (χ1) is 7.02. The third-order valence-corrected chi connectivity index (χ3v) is 2.08. The Hall–Kier alpha value is -1.92. The van der Waals surface area contributed by atoms with Gasteiger partial charge >= 0.3 is 5.69 Å². The maximum Gasteiger partial charge on any atom is 0.323 e. The first-order valence-electron chi connectivity index (χ1n) is 4.56. The Kier molecular flexibility index (Phi) is 3.03. The van der Waals surface area contributed by atoms with Gasteiger partial charge in [-0.3, -0.25) is 19.6 Å². The Morgan fingerprint density at radius 2 is 2.20 bits per heavy atom. The van der Waals surface area contributed by atoms with Gasteiger partial charge in [0.2, 0.25) is 5.69 Å². The van der Waals surface area contributed by atoms with Crippen molar-refractivity contribution < 1.29 is 9.72 Å². The van der Waals surface area contributed by atoms with Gasteiger partial charge in [0.25, 0.3) is 5.91 Å². The minimum atomic E-state index is -0.872. The molecule has 82 valence electrons. The van der Waals surface area contributed by atoms with Gasteiger partial charge in [-0.2, -0.15) is 5.10 Å². The van der Waals surface area contributed by atoms with Crippen LogP contribution in [0.2, 0.25) is 0 Å². The van der Waals surface area contributed by atoms with Crippen LogP contribution in [0.25, 0.3) is 0 Å². The summed E-state index contributed by atoms with van der Waals surface area (Å²) in [6.45, 7) is 4.03. The predicted octanol–water partition coefficient (Wildman–Crippen LogP) is 0.472. The lowest BCUT2D eigenvalue weighted by Crippen LogP contribution is -2.14. The zero-order valence-corrected chi connectivity index (χ0v) is 8.56. The number of nitrogens with zero attached hydrogens (tertiary/aromatic N) is 3. The summed E-state index contributed by atoms with van der Waals surface area (Å²) in [5.41, 5.74) is 4.92. The molecule has 1 heterocycles. The van der Waals surface area contributed by atoms with Crippen LogP contribution in [0.1, 0.15) is 30.0 Å². The number of hydrogen-bond donors (Lipinski definition) is 1. The van der Waals surface area contributed by atoms with Crippen molar-refractivity contribution in [3.8, 4) is 0 Å². The Morgan fingerprint density at radius 3 is 2.53 bits per heavy atom. The zero-order valence-electron chi connectivity index (χ0n) is 8.56. The van der Waals surface area contributed by atoms with Crippen LogP contribution in [0.5, 0.6) is 0 Å². The normalized spacial score (nSPS) is 10.3. The number of carbonyl (C=O) groups excluding carboxylic acids is 1. The molecule has 0 spiro atoms. The van der Waals surface area contributed by atoms with Crippen LogP contribution in [-0.4, -0.2) is 20.6 Å². The molecule has 1 aromatic rings. The summed E-state index contributed by atoms with van der Waals surface area (Å²) in [6.07, 6.45) is 0.435. The van der Waals surface area contributed by atoms with E-state index >= 15 is 0 Å². The minimum absolute atomic E-state index is 0.265. The second-order valence-corrected chi connectivity index (χ2v) is 2.93. The molecule has 1 rings (SSSR count). The van der Waals surface area contributed by atoms with E-state index in [1.54, 1.807) is 13.8 Å². The van der Waals surface area contributed by atoms with Crippen LogP contribution in [0.15, 0.2) is 0 Å².